The lowest BCUT2D eigenvalue weighted by molar-refractivity contribution is -0.137. The molecule has 0 heterocycles. The number of nitrogens with two attached hydrogens (primary N) is 1. The molecule has 0 aromatic heterocycles. The number of alkyl halides is 3. The zero-order chi connectivity index (χ0) is 13.9. The summed E-state index contributed by atoms with van der Waals surface area (Å²) in [5.41, 5.74) is 6.00. The number of anilines is 1. The quantitative estimate of drug-likeness (QED) is 0.568. The van der Waals surface area contributed by atoms with Crippen LogP contribution in [0.3, 0.4) is 0 Å². The Morgan fingerprint density at radius 2 is 1.58 bits per heavy atom. The number of halogens is 3. The molecule has 0 aliphatic heterocycles. The highest BCUT2D eigenvalue weighted by atomic mass is 19.4. The Kier molecular flexibility index (Phi) is 3.48. The average Bonchev–Trinajstić information content (AvgIpc) is 2.37. The van der Waals surface area contributed by atoms with E-state index in [0.29, 0.717) is 5.56 Å². The first-order valence-electron chi connectivity index (χ1n) is 5.50. The van der Waals surface area contributed by atoms with Gasteiger partial charge in [0.05, 0.1) is 5.56 Å². The summed E-state index contributed by atoms with van der Waals surface area (Å²) in [4.78, 5) is 0. The molecule has 2 N–H and O–H groups in total. The van der Waals surface area contributed by atoms with E-state index in [1.54, 1.807) is 0 Å². The highest BCUT2D eigenvalue weighted by molar-refractivity contribution is 5.59. The Labute approximate surface area is 108 Å². The molecule has 0 amide bonds. The van der Waals surface area contributed by atoms with Crippen LogP contribution in [0.25, 0.3) is 0 Å². The molecule has 0 saturated carbocycles. The van der Waals surface area contributed by atoms with Crippen molar-refractivity contribution in [1.29, 1.82) is 0 Å². The molecule has 2 rings (SSSR count). The van der Waals surface area contributed by atoms with Crippen molar-refractivity contribution in [1.82, 2.24) is 0 Å². The lowest BCUT2D eigenvalue weighted by atomic mass is 10.1. The second kappa shape index (κ2) is 5.07. The minimum Gasteiger partial charge on any atom is -0.398 e. The maximum absolute atomic E-state index is 12.5. The zero-order valence-electron chi connectivity index (χ0n) is 9.83. The fourth-order valence-electron chi connectivity index (χ4n) is 1.51. The minimum atomic E-state index is -4.39. The molecule has 0 atom stereocenters. The van der Waals surface area contributed by atoms with Gasteiger partial charge in [-0.25, -0.2) is 0 Å². The van der Waals surface area contributed by atoms with Crippen molar-refractivity contribution in [3.8, 4) is 11.8 Å². The standard InChI is InChI=1S/C15H10F3N/c16-15(17,18)13-9-8-12(14(19)10-13)7-6-11-4-2-1-3-5-11/h1-5,8-10H,19H2. The molecule has 19 heavy (non-hydrogen) atoms. The Morgan fingerprint density at radius 1 is 0.895 bits per heavy atom. The summed E-state index contributed by atoms with van der Waals surface area (Å²) < 4.78 is 37.4. The van der Waals surface area contributed by atoms with E-state index in [0.717, 1.165) is 17.7 Å². The molecule has 2 aromatic rings. The van der Waals surface area contributed by atoms with Crippen LogP contribution in [0.1, 0.15) is 16.7 Å². The van der Waals surface area contributed by atoms with E-state index >= 15 is 0 Å². The van der Waals surface area contributed by atoms with Gasteiger partial charge in [0.1, 0.15) is 0 Å². The average molecular weight is 261 g/mol. The van der Waals surface area contributed by atoms with Crippen LogP contribution in [-0.2, 0) is 6.18 Å². The van der Waals surface area contributed by atoms with E-state index in [1.807, 2.05) is 30.3 Å². The predicted octanol–water partition coefficient (Wildman–Crippen LogP) is 3.69. The lowest BCUT2D eigenvalue weighted by Crippen LogP contribution is -2.06. The topological polar surface area (TPSA) is 26.0 Å². The molecule has 0 unspecified atom stereocenters. The number of nitrogen functional groups attached to an aromatic ring is 1. The van der Waals surface area contributed by atoms with Gasteiger partial charge in [-0.3, -0.25) is 0 Å². The van der Waals surface area contributed by atoms with Gasteiger partial charge in [-0.1, -0.05) is 30.0 Å². The smallest absolute Gasteiger partial charge is 0.398 e. The lowest BCUT2D eigenvalue weighted by Gasteiger charge is -2.07. The number of hydrogen-bond acceptors (Lipinski definition) is 1. The number of benzene rings is 2. The molecule has 96 valence electrons. The highest BCUT2D eigenvalue weighted by Gasteiger charge is 2.30. The van der Waals surface area contributed by atoms with Gasteiger partial charge in [0.2, 0.25) is 0 Å². The van der Waals surface area contributed by atoms with Crippen LogP contribution in [0.15, 0.2) is 48.5 Å². The Balaban J connectivity index is 2.31. The summed E-state index contributed by atoms with van der Waals surface area (Å²) in [5, 5.41) is 0. The summed E-state index contributed by atoms with van der Waals surface area (Å²) in [6, 6.07) is 12.3. The molecule has 1 nitrogen and oxygen atoms in total. The van der Waals surface area contributed by atoms with Gasteiger partial charge < -0.3 is 5.73 Å². The fraction of sp³-hybridized carbons (Fsp3) is 0.0667. The van der Waals surface area contributed by atoms with Crippen molar-refractivity contribution in [3.63, 3.8) is 0 Å². The Bertz CT molecular complexity index is 634. The number of hydrogen-bond donors (Lipinski definition) is 1. The van der Waals surface area contributed by atoms with Crippen LogP contribution in [-0.4, -0.2) is 0 Å². The highest BCUT2D eigenvalue weighted by Crippen LogP contribution is 2.31. The molecule has 0 fully saturated rings. The van der Waals surface area contributed by atoms with E-state index < -0.39 is 11.7 Å². The number of rotatable bonds is 0. The summed E-state index contributed by atoms with van der Waals surface area (Å²) >= 11 is 0. The third kappa shape index (κ3) is 3.29. The normalized spacial score (nSPS) is 10.7. The van der Waals surface area contributed by atoms with Crippen molar-refractivity contribution in [2.45, 2.75) is 6.18 Å². The maximum Gasteiger partial charge on any atom is 0.416 e. The predicted molar refractivity (Wildman–Crippen MR) is 68.3 cm³/mol. The Morgan fingerprint density at radius 3 is 2.16 bits per heavy atom. The Hall–Kier alpha value is -2.41. The first kappa shape index (κ1) is 13.0. The first-order chi connectivity index (χ1) is 8.97. The molecule has 4 heteroatoms. The van der Waals surface area contributed by atoms with E-state index in [1.165, 1.54) is 6.07 Å². The fourth-order valence-corrected chi connectivity index (χ4v) is 1.51. The third-order valence-corrected chi connectivity index (χ3v) is 2.49. The van der Waals surface area contributed by atoms with Crippen molar-refractivity contribution in [2.75, 3.05) is 5.73 Å². The minimum absolute atomic E-state index is 0.0262. The second-order valence-corrected chi connectivity index (χ2v) is 3.92. The largest absolute Gasteiger partial charge is 0.416 e. The van der Waals surface area contributed by atoms with Gasteiger partial charge >= 0.3 is 6.18 Å². The molecule has 0 aliphatic rings. The van der Waals surface area contributed by atoms with Gasteiger partial charge in [-0.15, -0.1) is 0 Å². The second-order valence-electron chi connectivity index (χ2n) is 3.92. The summed E-state index contributed by atoms with van der Waals surface area (Å²) in [6.07, 6.45) is -4.39. The van der Waals surface area contributed by atoms with Crippen LogP contribution in [0, 0.1) is 11.8 Å². The molecule has 2 aromatic carbocycles. The van der Waals surface area contributed by atoms with E-state index in [2.05, 4.69) is 11.8 Å². The van der Waals surface area contributed by atoms with Crippen molar-refractivity contribution < 1.29 is 13.2 Å². The molecule has 0 aliphatic carbocycles. The van der Waals surface area contributed by atoms with Crippen LogP contribution in [0.2, 0.25) is 0 Å². The van der Waals surface area contributed by atoms with Gasteiger partial charge in [0.15, 0.2) is 0 Å². The summed E-state index contributed by atoms with van der Waals surface area (Å²) in [6.45, 7) is 0. The molecule has 0 spiro atoms. The van der Waals surface area contributed by atoms with Crippen LogP contribution in [0.5, 0.6) is 0 Å². The third-order valence-electron chi connectivity index (χ3n) is 2.49. The van der Waals surface area contributed by atoms with Gasteiger partial charge in [0, 0.05) is 16.8 Å². The summed E-state index contributed by atoms with van der Waals surface area (Å²) in [7, 11) is 0. The van der Waals surface area contributed by atoms with E-state index in [9.17, 15) is 13.2 Å². The van der Waals surface area contributed by atoms with Crippen molar-refractivity contribution >= 4 is 5.69 Å². The van der Waals surface area contributed by atoms with Crippen LogP contribution in [0.4, 0.5) is 18.9 Å². The monoisotopic (exact) mass is 261 g/mol. The van der Waals surface area contributed by atoms with E-state index in [4.69, 9.17) is 5.73 Å². The summed E-state index contributed by atoms with van der Waals surface area (Å²) in [5.74, 6) is 5.61. The zero-order valence-corrected chi connectivity index (χ0v) is 9.83. The molecular formula is C15H10F3N. The molecular weight excluding hydrogens is 251 g/mol. The van der Waals surface area contributed by atoms with Gasteiger partial charge in [0.25, 0.3) is 0 Å². The molecule has 0 bridgehead atoms. The first-order valence-corrected chi connectivity index (χ1v) is 5.50. The van der Waals surface area contributed by atoms with Crippen molar-refractivity contribution in [3.05, 3.63) is 65.2 Å². The van der Waals surface area contributed by atoms with Crippen LogP contribution < -0.4 is 5.73 Å². The van der Waals surface area contributed by atoms with E-state index in [-0.39, 0.29) is 5.69 Å². The molecule has 0 radical (unpaired) electrons. The van der Waals surface area contributed by atoms with Crippen LogP contribution >= 0.6 is 0 Å². The maximum atomic E-state index is 12.5. The van der Waals surface area contributed by atoms with Gasteiger partial charge in [-0.2, -0.15) is 13.2 Å². The molecule has 0 saturated heterocycles. The van der Waals surface area contributed by atoms with Gasteiger partial charge in [-0.05, 0) is 30.3 Å². The van der Waals surface area contributed by atoms with Crippen molar-refractivity contribution in [2.24, 2.45) is 0 Å². The SMILES string of the molecule is Nc1cc(C(F)(F)F)ccc1C#Cc1ccccc1.